The summed E-state index contributed by atoms with van der Waals surface area (Å²) >= 11 is 0. The molecule has 11 unspecified atom stereocenters. The highest BCUT2D eigenvalue weighted by molar-refractivity contribution is 5.88. The molecule has 10 nitrogen and oxygen atoms in total. The van der Waals surface area contributed by atoms with E-state index in [9.17, 15) is 30.3 Å². The quantitative estimate of drug-likeness (QED) is 0.356. The largest absolute Gasteiger partial charge is 0.451 e. The Bertz CT molecular complexity index is 1200. The van der Waals surface area contributed by atoms with Gasteiger partial charge in [0.2, 0.25) is 0 Å². The van der Waals surface area contributed by atoms with Crippen molar-refractivity contribution >= 4 is 5.97 Å². The van der Waals surface area contributed by atoms with Gasteiger partial charge < -0.3 is 44.3 Å². The van der Waals surface area contributed by atoms with Gasteiger partial charge in [-0.3, -0.25) is 0 Å². The number of aromatic nitrogens is 1. The Labute approximate surface area is 216 Å². The Morgan fingerprint density at radius 2 is 1.86 bits per heavy atom. The fraction of sp³-hybridized carbons (Fsp3) is 0.815. The van der Waals surface area contributed by atoms with Crippen LogP contribution in [0.3, 0.4) is 0 Å². The van der Waals surface area contributed by atoms with Crippen LogP contribution in [0.1, 0.15) is 64.4 Å². The van der Waals surface area contributed by atoms with Crippen LogP contribution in [-0.2, 0) is 21.3 Å². The van der Waals surface area contributed by atoms with Gasteiger partial charge in [0.15, 0.2) is 17.5 Å². The van der Waals surface area contributed by atoms with Crippen LogP contribution in [-0.4, -0.2) is 89.2 Å². The molecule has 0 aromatic carbocycles. The maximum absolute atomic E-state index is 13.5. The Morgan fingerprint density at radius 1 is 1.22 bits per heavy atom. The lowest BCUT2D eigenvalue weighted by Crippen LogP contribution is -2.75. The molecule has 1 spiro atoms. The minimum atomic E-state index is -2.46. The molecule has 37 heavy (non-hydrogen) atoms. The smallest absolute Gasteiger partial charge is 0.355 e. The predicted molar refractivity (Wildman–Crippen MR) is 128 cm³/mol. The molecular weight excluding hydrogens is 482 g/mol. The fourth-order valence-corrected chi connectivity index (χ4v) is 10.1. The number of carbonyl (C=O) groups is 1. The number of rotatable bonds is 4. The molecule has 3 heterocycles. The van der Waals surface area contributed by atoms with E-state index in [1.807, 2.05) is 0 Å². The third kappa shape index (κ3) is 1.92. The van der Waals surface area contributed by atoms with Crippen LogP contribution < -0.4 is 0 Å². The lowest BCUT2D eigenvalue weighted by molar-refractivity contribution is -0.396. The highest BCUT2D eigenvalue weighted by atomic mass is 16.7. The summed E-state index contributed by atoms with van der Waals surface area (Å²) in [4.78, 5) is 13.5. The zero-order chi connectivity index (χ0) is 27.4. The van der Waals surface area contributed by atoms with E-state index in [0.29, 0.717) is 6.42 Å². The van der Waals surface area contributed by atoms with E-state index >= 15 is 0 Å². The normalized spacial score (nSPS) is 57.3. The van der Waals surface area contributed by atoms with Gasteiger partial charge in [-0.2, -0.15) is 0 Å². The first-order valence-corrected chi connectivity index (χ1v) is 13.1. The fourth-order valence-electron chi connectivity index (χ4n) is 10.1. The van der Waals surface area contributed by atoms with Crippen LogP contribution in [0.25, 0.3) is 0 Å². The number of aryl methyl sites for hydroxylation is 1. The molecule has 5 N–H and O–H groups in total. The minimum Gasteiger partial charge on any atom is -0.451 e. The van der Waals surface area contributed by atoms with E-state index in [-0.39, 0.29) is 18.5 Å². The number of nitrogens with zero attached hydrogens (tertiary/aromatic N) is 1. The Morgan fingerprint density at radius 3 is 2.41 bits per heavy atom. The van der Waals surface area contributed by atoms with Crippen molar-refractivity contribution in [3.8, 4) is 0 Å². The second-order valence-corrected chi connectivity index (χ2v) is 13.0. The van der Waals surface area contributed by atoms with Crippen molar-refractivity contribution in [3.63, 3.8) is 0 Å². The van der Waals surface area contributed by atoms with Crippen molar-refractivity contribution in [2.24, 2.45) is 29.7 Å². The van der Waals surface area contributed by atoms with E-state index in [2.05, 4.69) is 0 Å². The summed E-state index contributed by atoms with van der Waals surface area (Å²) in [6.45, 7) is 8.39. The molecule has 2 aliphatic heterocycles. The van der Waals surface area contributed by atoms with Crippen molar-refractivity contribution in [2.75, 3.05) is 7.11 Å². The zero-order valence-corrected chi connectivity index (χ0v) is 22.5. The van der Waals surface area contributed by atoms with Crippen molar-refractivity contribution in [1.82, 2.24) is 4.57 Å². The summed E-state index contributed by atoms with van der Waals surface area (Å²) in [7, 11) is 3.06. The number of hydrogen-bond donors (Lipinski definition) is 5. The molecule has 7 rings (SSSR count). The SMILES string of the molecule is COC12CC3(C)C4(O)CCC(C)C(O)C4(O1)C1(O)C3(O)C(OC(=O)c3cccn3C)C(O)(C(C)C)C21C. The number of methoxy groups -OCH3 is 1. The number of esters is 1. The average molecular weight is 522 g/mol. The molecule has 206 valence electrons. The van der Waals surface area contributed by atoms with Crippen molar-refractivity contribution < 1.29 is 44.5 Å². The van der Waals surface area contributed by atoms with E-state index < -0.39 is 74.6 Å². The first-order valence-electron chi connectivity index (χ1n) is 13.1. The number of hydrogen-bond acceptors (Lipinski definition) is 9. The Balaban J connectivity index is 1.70. The molecule has 4 aliphatic carbocycles. The van der Waals surface area contributed by atoms with Crippen molar-refractivity contribution in [2.45, 2.75) is 99.9 Å². The summed E-state index contributed by atoms with van der Waals surface area (Å²) in [6.07, 6.45) is -0.968. The average Bonchev–Trinajstić information content (AvgIpc) is 3.38. The number of aliphatic hydroxyl groups excluding tert-OH is 1. The zero-order valence-electron chi connectivity index (χ0n) is 22.5. The van der Waals surface area contributed by atoms with E-state index in [4.69, 9.17) is 14.2 Å². The highest BCUT2D eigenvalue weighted by Gasteiger charge is 3.10. The third-order valence-corrected chi connectivity index (χ3v) is 11.9. The Hall–Kier alpha value is -1.53. The van der Waals surface area contributed by atoms with Crippen LogP contribution in [0.2, 0.25) is 0 Å². The molecular formula is C27H39NO9. The molecule has 1 aromatic heterocycles. The van der Waals surface area contributed by atoms with Crippen LogP contribution in [0.4, 0.5) is 0 Å². The molecule has 6 fully saturated rings. The molecule has 6 bridgehead atoms. The van der Waals surface area contributed by atoms with Gasteiger partial charge in [-0.25, -0.2) is 4.79 Å². The third-order valence-electron chi connectivity index (χ3n) is 11.9. The molecule has 6 aliphatic rings. The molecule has 0 radical (unpaired) electrons. The summed E-state index contributed by atoms with van der Waals surface area (Å²) in [6, 6.07) is 3.23. The summed E-state index contributed by atoms with van der Waals surface area (Å²) < 4.78 is 20.2. The second-order valence-electron chi connectivity index (χ2n) is 13.0. The van der Waals surface area contributed by atoms with Crippen LogP contribution >= 0.6 is 0 Å². The van der Waals surface area contributed by atoms with Crippen molar-refractivity contribution in [3.05, 3.63) is 24.0 Å². The lowest BCUT2D eigenvalue weighted by Gasteiger charge is -2.61. The Kier molecular flexibility index (Phi) is 4.59. The predicted octanol–water partition coefficient (Wildman–Crippen LogP) is 0.477. The van der Waals surface area contributed by atoms with Gasteiger partial charge in [-0.1, -0.05) is 27.7 Å². The lowest BCUT2D eigenvalue weighted by atomic mass is 9.52. The standard InChI is InChI=1S/C27H39NO9/c1-14(2)24(32)19(36-18(30)16-9-8-12-28(16)6)25(33)20(4)13-23(35-7)21(24,5)27(25,34)26(37-23)17(29)15(3)10-11-22(20,26)31/h8-9,12,14-15,17,19,29,31-34H,10-11,13H2,1-7H3. The molecule has 11 atom stereocenters. The monoisotopic (exact) mass is 521 g/mol. The summed E-state index contributed by atoms with van der Waals surface area (Å²) in [5.41, 5.74) is -14.2. The maximum Gasteiger partial charge on any atom is 0.355 e. The van der Waals surface area contributed by atoms with Gasteiger partial charge in [0, 0.05) is 32.2 Å². The highest BCUT2D eigenvalue weighted by Crippen LogP contribution is 2.91. The van der Waals surface area contributed by atoms with Gasteiger partial charge in [-0.05, 0) is 43.7 Å². The van der Waals surface area contributed by atoms with E-state index in [1.54, 1.807) is 64.6 Å². The molecule has 1 aromatic rings. The van der Waals surface area contributed by atoms with E-state index in [1.165, 1.54) is 7.11 Å². The topological polar surface area (TPSA) is 151 Å². The second kappa shape index (κ2) is 6.60. The molecule has 10 heteroatoms. The van der Waals surface area contributed by atoms with Crippen molar-refractivity contribution in [1.29, 1.82) is 0 Å². The summed E-state index contributed by atoms with van der Waals surface area (Å²) in [5, 5.41) is 63.0. The number of aliphatic hydroxyl groups is 5. The van der Waals surface area contributed by atoms with Gasteiger partial charge in [0.25, 0.3) is 0 Å². The van der Waals surface area contributed by atoms with E-state index in [0.717, 1.165) is 0 Å². The molecule has 2 saturated heterocycles. The first-order chi connectivity index (χ1) is 17.0. The number of ether oxygens (including phenoxy) is 3. The molecule has 4 saturated carbocycles. The minimum absolute atomic E-state index is 0.0988. The maximum atomic E-state index is 13.5. The van der Waals surface area contributed by atoms with Crippen LogP contribution in [0, 0.1) is 22.7 Å². The van der Waals surface area contributed by atoms with Gasteiger partial charge in [0.05, 0.1) is 11.5 Å². The van der Waals surface area contributed by atoms with Gasteiger partial charge in [0.1, 0.15) is 28.1 Å². The first kappa shape index (κ1) is 25.7. The molecule has 0 amide bonds. The van der Waals surface area contributed by atoms with Gasteiger partial charge in [-0.15, -0.1) is 0 Å². The summed E-state index contributed by atoms with van der Waals surface area (Å²) in [5.74, 6) is -3.58. The van der Waals surface area contributed by atoms with Crippen LogP contribution in [0.5, 0.6) is 0 Å². The van der Waals surface area contributed by atoms with Gasteiger partial charge >= 0.3 is 5.97 Å². The number of carbonyl (C=O) groups excluding carboxylic acids is 1. The van der Waals surface area contributed by atoms with Crippen LogP contribution in [0.15, 0.2) is 18.3 Å².